The summed E-state index contributed by atoms with van der Waals surface area (Å²) in [4.78, 5) is 0. The lowest BCUT2D eigenvalue weighted by Crippen LogP contribution is -2.10. The van der Waals surface area contributed by atoms with Crippen LogP contribution in [0.3, 0.4) is 0 Å². The van der Waals surface area contributed by atoms with Crippen molar-refractivity contribution in [2.45, 2.75) is 176 Å². The monoisotopic (exact) mass is 533 g/mol. The van der Waals surface area contributed by atoms with Gasteiger partial charge in [0.25, 0.3) is 0 Å². The number of hydrogen-bond acceptors (Lipinski definition) is 0. The third kappa shape index (κ3) is 8.24. The van der Waals surface area contributed by atoms with Crippen LogP contribution in [-0.4, -0.2) is 0 Å². The molecule has 0 N–H and O–H groups in total. The van der Waals surface area contributed by atoms with Gasteiger partial charge in [-0.3, -0.25) is 0 Å². The molecule has 0 spiro atoms. The molecule has 0 aliphatic rings. The number of aryl methyl sites for hydroxylation is 2. The molecular formula is C39H64. The van der Waals surface area contributed by atoms with E-state index in [4.69, 9.17) is 0 Å². The van der Waals surface area contributed by atoms with Crippen molar-refractivity contribution in [1.29, 1.82) is 0 Å². The van der Waals surface area contributed by atoms with Gasteiger partial charge in [0.2, 0.25) is 0 Å². The van der Waals surface area contributed by atoms with Crippen LogP contribution in [0.4, 0.5) is 0 Å². The molecule has 2 aromatic rings. The Morgan fingerprint density at radius 2 is 0.590 bits per heavy atom. The largest absolute Gasteiger partial charge is 0.0648 e. The van der Waals surface area contributed by atoms with Gasteiger partial charge in [-0.25, -0.2) is 0 Å². The quantitative estimate of drug-likeness (QED) is 0.202. The minimum Gasteiger partial charge on any atom is -0.0648 e. The summed E-state index contributed by atoms with van der Waals surface area (Å²) < 4.78 is 0. The third-order valence-electron chi connectivity index (χ3n) is 10.4. The number of rotatable bonds is 16. The first-order valence-electron chi connectivity index (χ1n) is 16.9. The summed E-state index contributed by atoms with van der Waals surface area (Å²) in [5, 5.41) is 0. The van der Waals surface area contributed by atoms with Gasteiger partial charge in [0.15, 0.2) is 0 Å². The van der Waals surface area contributed by atoms with Crippen LogP contribution in [0.1, 0.15) is 208 Å². The molecule has 0 heteroatoms. The Kier molecular flexibility index (Phi) is 13.8. The highest BCUT2D eigenvalue weighted by Gasteiger charge is 2.21. The summed E-state index contributed by atoms with van der Waals surface area (Å²) in [6.45, 7) is 28.7. The SMILES string of the molecule is CCC(C)c1cc(C(C)CC)c(C(C)CC)cc1CCCc1cc(C(C)CC)c(C(C)CC)cc1C(C)CC. The fourth-order valence-electron chi connectivity index (χ4n) is 6.24. The predicted molar refractivity (Wildman–Crippen MR) is 177 cm³/mol. The van der Waals surface area contributed by atoms with E-state index < -0.39 is 0 Å². The van der Waals surface area contributed by atoms with Crippen molar-refractivity contribution in [2.24, 2.45) is 0 Å². The van der Waals surface area contributed by atoms with E-state index in [9.17, 15) is 0 Å². The van der Waals surface area contributed by atoms with Gasteiger partial charge in [0.1, 0.15) is 0 Å². The molecule has 0 radical (unpaired) electrons. The van der Waals surface area contributed by atoms with Gasteiger partial charge in [-0.1, -0.05) is 107 Å². The summed E-state index contributed by atoms with van der Waals surface area (Å²) in [7, 11) is 0. The van der Waals surface area contributed by atoms with Gasteiger partial charge < -0.3 is 0 Å². The summed E-state index contributed by atoms with van der Waals surface area (Å²) in [5.74, 6) is 3.76. The molecule has 2 rings (SSSR count). The molecular weight excluding hydrogens is 468 g/mol. The van der Waals surface area contributed by atoms with Crippen LogP contribution >= 0.6 is 0 Å². The average molecular weight is 533 g/mol. The first kappa shape index (κ1) is 33.6. The van der Waals surface area contributed by atoms with E-state index in [1.807, 2.05) is 0 Å². The highest BCUT2D eigenvalue weighted by Crippen LogP contribution is 2.38. The number of benzene rings is 2. The van der Waals surface area contributed by atoms with E-state index in [2.05, 4.69) is 107 Å². The standard InChI is InChI=1S/C39H64/c1-13-26(7)34-24-38(30(11)17-5)36(28(9)15-3)22-32(34)20-19-21-33-23-37(29(10)16-4)39(31(12)18-6)25-35(33)27(8)14-2/h22-31H,13-21H2,1-12H3. The fraction of sp³-hybridized carbons (Fsp3) is 0.692. The van der Waals surface area contributed by atoms with Gasteiger partial charge in [-0.2, -0.15) is 0 Å². The molecule has 6 unspecified atom stereocenters. The van der Waals surface area contributed by atoms with Crippen LogP contribution < -0.4 is 0 Å². The fourth-order valence-corrected chi connectivity index (χ4v) is 6.24. The van der Waals surface area contributed by atoms with Gasteiger partial charge in [0.05, 0.1) is 0 Å². The predicted octanol–water partition coefficient (Wildman–Crippen LogP) is 12.9. The Balaban J connectivity index is 2.52. The van der Waals surface area contributed by atoms with Gasteiger partial charge in [0, 0.05) is 0 Å². The van der Waals surface area contributed by atoms with E-state index in [0.717, 1.165) is 0 Å². The van der Waals surface area contributed by atoms with Crippen molar-refractivity contribution in [2.75, 3.05) is 0 Å². The lowest BCUT2D eigenvalue weighted by Gasteiger charge is -2.26. The Morgan fingerprint density at radius 3 is 0.846 bits per heavy atom. The molecule has 6 atom stereocenters. The van der Waals surface area contributed by atoms with Crippen LogP contribution in [0, 0.1) is 0 Å². The molecule has 0 aliphatic heterocycles. The second-order valence-corrected chi connectivity index (χ2v) is 13.1. The minimum absolute atomic E-state index is 0.622. The molecule has 0 saturated carbocycles. The van der Waals surface area contributed by atoms with Gasteiger partial charge in [-0.05, 0) is 138 Å². The molecule has 0 aromatic heterocycles. The second-order valence-electron chi connectivity index (χ2n) is 13.1. The first-order chi connectivity index (χ1) is 18.6. The highest BCUT2D eigenvalue weighted by molar-refractivity contribution is 5.45. The van der Waals surface area contributed by atoms with E-state index in [1.54, 1.807) is 44.5 Å². The normalized spacial score (nSPS) is 16.5. The van der Waals surface area contributed by atoms with Crippen LogP contribution in [-0.2, 0) is 12.8 Å². The van der Waals surface area contributed by atoms with Crippen LogP contribution in [0.15, 0.2) is 24.3 Å². The van der Waals surface area contributed by atoms with Crippen molar-refractivity contribution in [1.82, 2.24) is 0 Å². The molecule has 0 fully saturated rings. The average Bonchev–Trinajstić information content (AvgIpc) is 2.97. The molecule has 39 heavy (non-hydrogen) atoms. The summed E-state index contributed by atoms with van der Waals surface area (Å²) in [6, 6.07) is 10.5. The Bertz CT molecular complexity index is 930. The zero-order valence-electron chi connectivity index (χ0n) is 28.1. The van der Waals surface area contributed by atoms with Crippen LogP contribution in [0.25, 0.3) is 0 Å². The minimum atomic E-state index is 0.622. The van der Waals surface area contributed by atoms with Crippen molar-refractivity contribution >= 4 is 0 Å². The smallest absolute Gasteiger partial charge is 0.0190 e. The van der Waals surface area contributed by atoms with Crippen molar-refractivity contribution in [3.05, 3.63) is 68.8 Å². The Morgan fingerprint density at radius 1 is 0.359 bits per heavy atom. The Hall–Kier alpha value is -1.56. The van der Waals surface area contributed by atoms with E-state index in [1.165, 1.54) is 57.8 Å². The topological polar surface area (TPSA) is 0 Å². The first-order valence-corrected chi connectivity index (χ1v) is 16.9. The summed E-state index contributed by atoms with van der Waals surface area (Å²) in [5.41, 5.74) is 12.9. The number of hydrogen-bond donors (Lipinski definition) is 0. The van der Waals surface area contributed by atoms with Crippen molar-refractivity contribution in [3.8, 4) is 0 Å². The van der Waals surface area contributed by atoms with Crippen LogP contribution in [0.2, 0.25) is 0 Å². The molecule has 0 saturated heterocycles. The van der Waals surface area contributed by atoms with E-state index >= 15 is 0 Å². The third-order valence-corrected chi connectivity index (χ3v) is 10.4. The Labute approximate surface area is 244 Å². The molecule has 2 aromatic carbocycles. The maximum atomic E-state index is 2.64. The zero-order valence-corrected chi connectivity index (χ0v) is 28.1. The molecule has 0 bridgehead atoms. The van der Waals surface area contributed by atoms with Crippen molar-refractivity contribution < 1.29 is 0 Å². The molecule has 0 heterocycles. The molecule has 0 amide bonds. The zero-order chi connectivity index (χ0) is 29.3. The van der Waals surface area contributed by atoms with Gasteiger partial charge in [-0.15, -0.1) is 0 Å². The van der Waals surface area contributed by atoms with E-state index in [0.29, 0.717) is 35.5 Å². The maximum Gasteiger partial charge on any atom is -0.0190 e. The molecule has 0 nitrogen and oxygen atoms in total. The van der Waals surface area contributed by atoms with E-state index in [-0.39, 0.29) is 0 Å². The summed E-state index contributed by atoms with van der Waals surface area (Å²) >= 11 is 0. The lowest BCUT2D eigenvalue weighted by atomic mass is 9.79. The van der Waals surface area contributed by atoms with Crippen LogP contribution in [0.5, 0.6) is 0 Å². The second kappa shape index (κ2) is 16.0. The highest BCUT2D eigenvalue weighted by atomic mass is 14.3. The van der Waals surface area contributed by atoms with Crippen molar-refractivity contribution in [3.63, 3.8) is 0 Å². The summed E-state index contributed by atoms with van der Waals surface area (Å²) in [6.07, 6.45) is 10.9. The molecule has 0 aliphatic carbocycles. The maximum absolute atomic E-state index is 2.64. The molecule has 220 valence electrons. The van der Waals surface area contributed by atoms with Gasteiger partial charge >= 0.3 is 0 Å². The lowest BCUT2D eigenvalue weighted by molar-refractivity contribution is 0.654.